The molecule has 1 aromatic rings. The second kappa shape index (κ2) is 7.69. The second-order valence-electron chi connectivity index (χ2n) is 7.42. The van der Waals surface area contributed by atoms with E-state index in [1.165, 1.54) is 0 Å². The van der Waals surface area contributed by atoms with E-state index in [-0.39, 0.29) is 11.8 Å². The molecule has 3 aliphatic rings. The zero-order chi connectivity index (χ0) is 19.8. The highest BCUT2D eigenvalue weighted by Gasteiger charge is 2.34. The molecule has 0 radical (unpaired) electrons. The molecule has 152 valence electrons. The predicted octanol–water partition coefficient (Wildman–Crippen LogP) is 1.27. The molecule has 3 aliphatic heterocycles. The van der Waals surface area contributed by atoms with Crippen molar-refractivity contribution in [1.29, 1.82) is 0 Å². The van der Waals surface area contributed by atoms with Gasteiger partial charge in [-0.25, -0.2) is 9.90 Å². The predicted molar refractivity (Wildman–Crippen MR) is 103 cm³/mol. The lowest BCUT2D eigenvalue weighted by Crippen LogP contribution is -2.43. The van der Waals surface area contributed by atoms with Crippen molar-refractivity contribution in [2.24, 2.45) is 0 Å². The molecule has 8 nitrogen and oxygen atoms in total. The Kier molecular flexibility index (Phi) is 5.27. The van der Waals surface area contributed by atoms with Crippen molar-refractivity contribution >= 4 is 17.5 Å². The summed E-state index contributed by atoms with van der Waals surface area (Å²) in [6.07, 6.45) is 0. The van der Waals surface area contributed by atoms with Gasteiger partial charge in [0.1, 0.15) is 0 Å². The van der Waals surface area contributed by atoms with Gasteiger partial charge in [0.25, 0.3) is 11.8 Å². The first-order valence-electron chi connectivity index (χ1n) is 9.79. The molecular formula is C20H27N3O5. The minimum Gasteiger partial charge on any atom is -0.378 e. The maximum absolute atomic E-state index is 13.4. The number of carbonyl (C=O) groups excluding carboxylic acids is 2. The van der Waals surface area contributed by atoms with E-state index in [0.29, 0.717) is 70.5 Å². The Hall–Kier alpha value is -2.16. The van der Waals surface area contributed by atoms with Crippen molar-refractivity contribution in [2.45, 2.75) is 20.8 Å². The molecule has 0 saturated carbocycles. The van der Waals surface area contributed by atoms with Gasteiger partial charge in [-0.05, 0) is 37.5 Å². The lowest BCUT2D eigenvalue weighted by molar-refractivity contribution is 0.0296. The first kappa shape index (κ1) is 19.2. The number of morpholine rings is 2. The third kappa shape index (κ3) is 3.36. The molecule has 0 bridgehead atoms. The molecule has 0 N–H and O–H groups in total. The van der Waals surface area contributed by atoms with Gasteiger partial charge in [-0.15, -0.1) is 0 Å². The summed E-state index contributed by atoms with van der Waals surface area (Å²) in [5.74, 6) is -0.0881. The van der Waals surface area contributed by atoms with Crippen molar-refractivity contribution in [2.75, 3.05) is 64.4 Å². The Labute approximate surface area is 164 Å². The summed E-state index contributed by atoms with van der Waals surface area (Å²) in [7, 11) is 0. The van der Waals surface area contributed by atoms with E-state index in [9.17, 15) is 9.59 Å². The molecule has 3 heterocycles. The van der Waals surface area contributed by atoms with Crippen LogP contribution >= 0.6 is 0 Å². The quantitative estimate of drug-likeness (QED) is 0.725. The topological polar surface area (TPSA) is 74.6 Å². The van der Waals surface area contributed by atoms with Gasteiger partial charge >= 0.3 is 0 Å². The third-order valence-electron chi connectivity index (χ3n) is 5.74. The van der Waals surface area contributed by atoms with Crippen molar-refractivity contribution < 1.29 is 23.9 Å². The molecule has 0 spiro atoms. The highest BCUT2D eigenvalue weighted by atomic mass is 16.8. The molecule has 4 rings (SSSR count). The normalized spacial score (nSPS) is 19.8. The average molecular weight is 389 g/mol. The molecule has 2 amide bonds. The molecule has 0 aromatic heterocycles. The second-order valence-corrected chi connectivity index (χ2v) is 7.42. The molecular weight excluding hydrogens is 362 g/mol. The third-order valence-corrected chi connectivity index (χ3v) is 5.74. The fourth-order valence-electron chi connectivity index (χ4n) is 4.23. The van der Waals surface area contributed by atoms with E-state index in [2.05, 4.69) is 0 Å². The van der Waals surface area contributed by atoms with E-state index < -0.39 is 0 Å². The van der Waals surface area contributed by atoms with Crippen molar-refractivity contribution in [3.8, 4) is 0 Å². The first-order valence-corrected chi connectivity index (χ1v) is 9.79. The van der Waals surface area contributed by atoms with Gasteiger partial charge in [0.15, 0.2) is 6.73 Å². The maximum atomic E-state index is 13.4. The minimum atomic E-state index is -0.0440. The molecule has 3 fully saturated rings. The summed E-state index contributed by atoms with van der Waals surface area (Å²) in [4.78, 5) is 35.7. The Balaban J connectivity index is 1.80. The van der Waals surface area contributed by atoms with Crippen LogP contribution in [0.2, 0.25) is 0 Å². The summed E-state index contributed by atoms with van der Waals surface area (Å²) in [5, 5.41) is 1.75. The van der Waals surface area contributed by atoms with Gasteiger partial charge in [-0.1, -0.05) is 0 Å². The molecule has 0 atom stereocenters. The zero-order valence-electron chi connectivity index (χ0n) is 16.7. The number of nitrogens with zero attached hydrogens (tertiary/aromatic N) is 3. The monoisotopic (exact) mass is 389 g/mol. The van der Waals surface area contributed by atoms with Crippen molar-refractivity contribution in [1.82, 2.24) is 9.80 Å². The fourth-order valence-corrected chi connectivity index (χ4v) is 4.23. The summed E-state index contributed by atoms with van der Waals surface area (Å²) >= 11 is 0. The maximum Gasteiger partial charge on any atom is 0.254 e. The van der Waals surface area contributed by atoms with Crippen LogP contribution in [0.1, 0.15) is 37.4 Å². The molecule has 1 aromatic carbocycles. The first-order chi connectivity index (χ1) is 13.5. The number of carbonyl (C=O) groups is 2. The molecule has 3 saturated heterocycles. The summed E-state index contributed by atoms with van der Waals surface area (Å²) in [5.41, 5.74) is 4.52. The van der Waals surface area contributed by atoms with Crippen LogP contribution in [0, 0.1) is 20.8 Å². The lowest BCUT2D eigenvalue weighted by atomic mass is 9.89. The summed E-state index contributed by atoms with van der Waals surface area (Å²) in [6, 6.07) is 0. The number of hydroxylamine groups is 1. The van der Waals surface area contributed by atoms with Crippen LogP contribution in [0.3, 0.4) is 0 Å². The number of amides is 2. The number of anilines is 1. The fraction of sp³-hybridized carbons (Fsp3) is 0.600. The Morgan fingerprint density at radius 1 is 0.714 bits per heavy atom. The Bertz CT molecular complexity index is 737. The summed E-state index contributed by atoms with van der Waals surface area (Å²) < 4.78 is 10.8. The Morgan fingerprint density at radius 3 is 1.46 bits per heavy atom. The molecule has 8 heteroatoms. The van der Waals surface area contributed by atoms with Crippen LogP contribution in [0.25, 0.3) is 0 Å². The van der Waals surface area contributed by atoms with Gasteiger partial charge in [0.05, 0.1) is 32.1 Å². The SMILES string of the molecule is Cc1c(C(=O)N2CCOCC2)c(C)c(N2CO2)c(C)c1C(=O)N1CCOCC1. The number of benzene rings is 1. The van der Waals surface area contributed by atoms with Crippen LogP contribution < -0.4 is 5.06 Å². The van der Waals surface area contributed by atoms with Crippen molar-refractivity contribution in [3.63, 3.8) is 0 Å². The van der Waals surface area contributed by atoms with Crippen molar-refractivity contribution in [3.05, 3.63) is 27.8 Å². The van der Waals surface area contributed by atoms with Gasteiger partial charge in [-0.2, -0.15) is 0 Å². The number of hydrogen-bond donors (Lipinski definition) is 0. The standard InChI is InChI=1S/C20H27N3O5/c1-13-16(19(24)21-4-8-26-9-5-21)14(2)18(23-12-28-23)15(3)17(13)20(25)22-6-10-27-11-7-22/h4-12H2,1-3H3. The number of hydrogen-bond acceptors (Lipinski definition) is 6. The summed E-state index contributed by atoms with van der Waals surface area (Å²) in [6.45, 7) is 10.6. The number of rotatable bonds is 3. The smallest absolute Gasteiger partial charge is 0.254 e. The van der Waals surface area contributed by atoms with E-state index in [4.69, 9.17) is 14.3 Å². The largest absolute Gasteiger partial charge is 0.378 e. The van der Waals surface area contributed by atoms with E-state index >= 15 is 0 Å². The van der Waals surface area contributed by atoms with E-state index in [0.717, 1.165) is 22.4 Å². The van der Waals surface area contributed by atoms with Gasteiger partial charge in [0, 0.05) is 37.3 Å². The molecule has 28 heavy (non-hydrogen) atoms. The average Bonchev–Trinajstić information content (AvgIpc) is 3.54. The highest BCUT2D eigenvalue weighted by Crippen LogP contribution is 2.38. The van der Waals surface area contributed by atoms with Crippen LogP contribution in [0.5, 0.6) is 0 Å². The molecule has 0 aliphatic carbocycles. The Morgan fingerprint density at radius 2 is 1.11 bits per heavy atom. The lowest BCUT2D eigenvalue weighted by Gasteiger charge is -2.31. The zero-order valence-corrected chi connectivity index (χ0v) is 16.7. The number of ether oxygens (including phenoxy) is 2. The van der Waals surface area contributed by atoms with Gasteiger partial charge in [-0.3, -0.25) is 9.59 Å². The van der Waals surface area contributed by atoms with Crippen LogP contribution in [-0.2, 0) is 14.3 Å². The van der Waals surface area contributed by atoms with Gasteiger partial charge in [0.2, 0.25) is 0 Å². The van der Waals surface area contributed by atoms with Crippen LogP contribution in [-0.4, -0.2) is 81.0 Å². The minimum absolute atomic E-state index is 0.0440. The van der Waals surface area contributed by atoms with Gasteiger partial charge < -0.3 is 19.3 Å². The van der Waals surface area contributed by atoms with E-state index in [1.807, 2.05) is 30.6 Å². The van der Waals surface area contributed by atoms with Crippen LogP contribution in [0.15, 0.2) is 0 Å². The highest BCUT2D eigenvalue weighted by molar-refractivity contribution is 6.06. The molecule has 0 unspecified atom stereocenters. The van der Waals surface area contributed by atoms with E-state index in [1.54, 1.807) is 5.06 Å². The van der Waals surface area contributed by atoms with Crippen LogP contribution in [0.4, 0.5) is 5.69 Å².